The lowest BCUT2D eigenvalue weighted by atomic mass is 10.1. The van der Waals surface area contributed by atoms with Crippen molar-refractivity contribution in [3.63, 3.8) is 0 Å². The van der Waals surface area contributed by atoms with Crippen LogP contribution < -0.4 is 10.5 Å². The largest absolute Gasteiger partial charge is 0.491 e. The van der Waals surface area contributed by atoms with Gasteiger partial charge in [0.25, 0.3) is 5.91 Å². The average molecular weight is 287 g/mol. The molecular formula is C16H21N3O2. The summed E-state index contributed by atoms with van der Waals surface area (Å²) in [6, 6.07) is 5.28. The highest BCUT2D eigenvalue weighted by Gasteiger charge is 2.24. The predicted molar refractivity (Wildman–Crippen MR) is 83.2 cm³/mol. The fourth-order valence-electron chi connectivity index (χ4n) is 2.44. The number of carbonyl (C=O) groups excluding carboxylic acids is 1. The van der Waals surface area contributed by atoms with Gasteiger partial charge in [0.15, 0.2) is 5.75 Å². The predicted octanol–water partition coefficient (Wildman–Crippen LogP) is 1.06. The lowest BCUT2D eigenvalue weighted by molar-refractivity contribution is 0.0648. The van der Waals surface area contributed by atoms with Gasteiger partial charge >= 0.3 is 0 Å². The van der Waals surface area contributed by atoms with Crippen LogP contribution in [-0.4, -0.2) is 55.0 Å². The Morgan fingerprint density at radius 1 is 1.38 bits per heavy atom. The van der Waals surface area contributed by atoms with Gasteiger partial charge in [-0.25, -0.2) is 0 Å². The molecule has 0 aliphatic carbocycles. The van der Waals surface area contributed by atoms with Crippen LogP contribution in [0.2, 0.25) is 0 Å². The highest BCUT2D eigenvalue weighted by atomic mass is 16.5. The number of para-hydroxylation sites is 1. The third kappa shape index (κ3) is 3.47. The Labute approximate surface area is 125 Å². The Bertz CT molecular complexity index is 543. The monoisotopic (exact) mass is 287 g/mol. The summed E-state index contributed by atoms with van der Waals surface area (Å²) in [4.78, 5) is 16.6. The van der Waals surface area contributed by atoms with E-state index in [0.29, 0.717) is 43.2 Å². The molecule has 1 amide bonds. The van der Waals surface area contributed by atoms with E-state index in [1.165, 1.54) is 0 Å². The molecule has 1 aliphatic heterocycles. The van der Waals surface area contributed by atoms with Crippen LogP contribution in [-0.2, 0) is 0 Å². The SMILES string of the molecule is C#CCN1CCN(C(=O)c2cccc(N)c2OCC)CC1. The molecule has 1 aliphatic rings. The Hall–Kier alpha value is -2.19. The Morgan fingerprint density at radius 2 is 2.10 bits per heavy atom. The summed E-state index contributed by atoms with van der Waals surface area (Å²) in [5, 5.41) is 0. The van der Waals surface area contributed by atoms with Gasteiger partial charge in [0.2, 0.25) is 0 Å². The molecule has 1 aromatic carbocycles. The first-order valence-corrected chi connectivity index (χ1v) is 7.13. The smallest absolute Gasteiger partial charge is 0.257 e. The molecule has 2 N–H and O–H groups in total. The van der Waals surface area contributed by atoms with Crippen LogP contribution in [0.3, 0.4) is 0 Å². The number of terminal acetylenes is 1. The second kappa shape index (κ2) is 7.00. The molecule has 112 valence electrons. The molecule has 5 nitrogen and oxygen atoms in total. The molecule has 0 aromatic heterocycles. The zero-order chi connectivity index (χ0) is 15.2. The van der Waals surface area contributed by atoms with Crippen LogP contribution in [0, 0.1) is 12.3 Å². The molecule has 2 rings (SSSR count). The van der Waals surface area contributed by atoms with Crippen molar-refractivity contribution in [2.24, 2.45) is 0 Å². The molecule has 21 heavy (non-hydrogen) atoms. The van der Waals surface area contributed by atoms with Crippen molar-refractivity contribution in [3.05, 3.63) is 23.8 Å². The van der Waals surface area contributed by atoms with Crippen molar-refractivity contribution < 1.29 is 9.53 Å². The Morgan fingerprint density at radius 3 is 2.71 bits per heavy atom. The van der Waals surface area contributed by atoms with Crippen LogP contribution in [0.5, 0.6) is 5.75 Å². The van der Waals surface area contributed by atoms with Gasteiger partial charge in [0.1, 0.15) is 0 Å². The second-order valence-electron chi connectivity index (χ2n) is 4.93. The maximum Gasteiger partial charge on any atom is 0.257 e. The van der Waals surface area contributed by atoms with Gasteiger partial charge in [-0.2, -0.15) is 0 Å². The summed E-state index contributed by atoms with van der Waals surface area (Å²) in [6.45, 7) is 5.90. The Kier molecular flexibility index (Phi) is 5.07. The van der Waals surface area contributed by atoms with E-state index in [2.05, 4.69) is 10.8 Å². The van der Waals surface area contributed by atoms with Gasteiger partial charge < -0.3 is 15.4 Å². The number of hydrogen-bond acceptors (Lipinski definition) is 4. The van der Waals surface area contributed by atoms with Crippen LogP contribution in [0.15, 0.2) is 18.2 Å². The second-order valence-corrected chi connectivity index (χ2v) is 4.93. The van der Waals surface area contributed by atoms with Crippen molar-refractivity contribution in [2.45, 2.75) is 6.92 Å². The summed E-state index contributed by atoms with van der Waals surface area (Å²) in [5.41, 5.74) is 6.93. The first-order chi connectivity index (χ1) is 10.2. The van der Waals surface area contributed by atoms with E-state index < -0.39 is 0 Å². The maximum atomic E-state index is 12.6. The summed E-state index contributed by atoms with van der Waals surface area (Å²) in [5.74, 6) is 3.08. The van der Waals surface area contributed by atoms with Crippen LogP contribution >= 0.6 is 0 Å². The fourth-order valence-corrected chi connectivity index (χ4v) is 2.44. The highest BCUT2D eigenvalue weighted by Crippen LogP contribution is 2.27. The number of ether oxygens (including phenoxy) is 1. The minimum absolute atomic E-state index is 0.0360. The summed E-state index contributed by atoms with van der Waals surface area (Å²) >= 11 is 0. The number of hydrogen-bond donors (Lipinski definition) is 1. The minimum atomic E-state index is -0.0360. The van der Waals surface area contributed by atoms with E-state index in [1.54, 1.807) is 18.2 Å². The molecule has 0 radical (unpaired) electrons. The van der Waals surface area contributed by atoms with Gasteiger partial charge in [-0.1, -0.05) is 12.0 Å². The van der Waals surface area contributed by atoms with Crippen LogP contribution in [0.4, 0.5) is 5.69 Å². The van der Waals surface area contributed by atoms with Gasteiger partial charge in [-0.05, 0) is 19.1 Å². The normalized spacial score (nSPS) is 15.5. The number of rotatable bonds is 4. The fraction of sp³-hybridized carbons (Fsp3) is 0.438. The number of nitrogens with zero attached hydrogens (tertiary/aromatic N) is 2. The third-order valence-electron chi connectivity index (χ3n) is 3.54. The molecule has 5 heteroatoms. The average Bonchev–Trinajstić information content (AvgIpc) is 2.50. The van der Waals surface area contributed by atoms with Crippen LogP contribution in [0.1, 0.15) is 17.3 Å². The number of nitrogens with two attached hydrogens (primary N) is 1. The lowest BCUT2D eigenvalue weighted by Crippen LogP contribution is -2.48. The number of anilines is 1. The van der Waals surface area contributed by atoms with E-state index in [1.807, 2.05) is 11.8 Å². The first kappa shape index (κ1) is 15.2. The van der Waals surface area contributed by atoms with Gasteiger partial charge in [0, 0.05) is 26.2 Å². The third-order valence-corrected chi connectivity index (χ3v) is 3.54. The molecule has 1 aromatic rings. The zero-order valence-corrected chi connectivity index (χ0v) is 12.3. The van der Waals surface area contributed by atoms with Crippen LogP contribution in [0.25, 0.3) is 0 Å². The minimum Gasteiger partial charge on any atom is -0.491 e. The number of benzene rings is 1. The van der Waals surface area contributed by atoms with Crippen molar-refractivity contribution >= 4 is 11.6 Å². The van der Waals surface area contributed by atoms with E-state index >= 15 is 0 Å². The van der Waals surface area contributed by atoms with Gasteiger partial charge in [0.05, 0.1) is 24.4 Å². The summed E-state index contributed by atoms with van der Waals surface area (Å²) in [6.07, 6.45) is 5.31. The molecule has 0 saturated carbocycles. The number of carbonyl (C=O) groups is 1. The van der Waals surface area contributed by atoms with E-state index in [0.717, 1.165) is 13.1 Å². The topological polar surface area (TPSA) is 58.8 Å². The molecule has 1 heterocycles. The molecule has 0 unspecified atom stereocenters. The molecular weight excluding hydrogens is 266 g/mol. The molecule has 0 atom stereocenters. The van der Waals surface area contributed by atoms with Gasteiger partial charge in [-0.3, -0.25) is 9.69 Å². The standard InChI is InChI=1S/C16H21N3O2/c1-3-8-18-9-11-19(12-10-18)16(20)13-6-5-7-14(17)15(13)21-4-2/h1,5-7H,4,8-12,17H2,2H3. The number of nitrogen functional groups attached to an aromatic ring is 1. The number of piperazine rings is 1. The lowest BCUT2D eigenvalue weighted by Gasteiger charge is -2.34. The molecule has 1 fully saturated rings. The van der Waals surface area contributed by atoms with Crippen molar-refractivity contribution in [1.82, 2.24) is 9.80 Å². The zero-order valence-electron chi connectivity index (χ0n) is 12.3. The van der Waals surface area contributed by atoms with Crippen molar-refractivity contribution in [3.8, 4) is 18.1 Å². The molecule has 0 spiro atoms. The van der Waals surface area contributed by atoms with Crippen molar-refractivity contribution in [2.75, 3.05) is 45.1 Å². The van der Waals surface area contributed by atoms with Crippen molar-refractivity contribution in [1.29, 1.82) is 0 Å². The number of amides is 1. The first-order valence-electron chi connectivity index (χ1n) is 7.13. The van der Waals surface area contributed by atoms with Gasteiger partial charge in [-0.15, -0.1) is 6.42 Å². The van der Waals surface area contributed by atoms with E-state index in [4.69, 9.17) is 16.9 Å². The molecule has 1 saturated heterocycles. The molecule has 0 bridgehead atoms. The highest BCUT2D eigenvalue weighted by molar-refractivity contribution is 5.98. The summed E-state index contributed by atoms with van der Waals surface area (Å²) in [7, 11) is 0. The summed E-state index contributed by atoms with van der Waals surface area (Å²) < 4.78 is 5.53. The maximum absolute atomic E-state index is 12.6. The van der Waals surface area contributed by atoms with E-state index in [9.17, 15) is 4.79 Å². The Balaban J connectivity index is 2.11. The van der Waals surface area contributed by atoms with E-state index in [-0.39, 0.29) is 5.91 Å². The quantitative estimate of drug-likeness (QED) is 0.664.